The van der Waals surface area contributed by atoms with E-state index in [9.17, 15) is 4.79 Å². The van der Waals surface area contributed by atoms with E-state index in [4.69, 9.17) is 11.5 Å². The first-order chi connectivity index (χ1) is 5.13. The van der Waals surface area contributed by atoms with Crippen molar-refractivity contribution in [3.63, 3.8) is 0 Å². The van der Waals surface area contributed by atoms with E-state index in [2.05, 4.69) is 4.74 Å². The van der Waals surface area contributed by atoms with E-state index in [1.54, 1.807) is 0 Å². The van der Waals surface area contributed by atoms with Crippen molar-refractivity contribution in [2.75, 3.05) is 6.61 Å². The second-order valence-electron chi connectivity index (χ2n) is 2.64. The first-order valence-electron chi connectivity index (χ1n) is 3.80. The summed E-state index contributed by atoms with van der Waals surface area (Å²) in [5.41, 5.74) is 10.3. The summed E-state index contributed by atoms with van der Waals surface area (Å²) in [5, 5.41) is 0. The highest BCUT2D eigenvalue weighted by Crippen LogP contribution is 1.98. The molecule has 0 bridgehead atoms. The van der Waals surface area contributed by atoms with Crippen molar-refractivity contribution in [2.24, 2.45) is 11.5 Å². The van der Waals surface area contributed by atoms with Crippen molar-refractivity contribution >= 4 is 6.09 Å². The minimum Gasteiger partial charge on any atom is -0.450 e. The van der Waals surface area contributed by atoms with E-state index in [0.29, 0.717) is 6.61 Å². The molecular weight excluding hydrogens is 144 g/mol. The van der Waals surface area contributed by atoms with Gasteiger partial charge in [-0.25, -0.2) is 4.79 Å². The van der Waals surface area contributed by atoms with Gasteiger partial charge in [-0.15, -0.1) is 0 Å². The van der Waals surface area contributed by atoms with Gasteiger partial charge in [0.1, 0.15) is 0 Å². The molecule has 11 heavy (non-hydrogen) atoms. The molecule has 0 saturated carbocycles. The van der Waals surface area contributed by atoms with Crippen LogP contribution in [0.2, 0.25) is 0 Å². The molecule has 0 aliphatic heterocycles. The van der Waals surface area contributed by atoms with Gasteiger partial charge in [0, 0.05) is 6.04 Å². The Morgan fingerprint density at radius 3 is 2.64 bits per heavy atom. The van der Waals surface area contributed by atoms with Gasteiger partial charge in [0.25, 0.3) is 0 Å². The van der Waals surface area contributed by atoms with Crippen LogP contribution < -0.4 is 11.5 Å². The maximum atomic E-state index is 10.1. The summed E-state index contributed by atoms with van der Waals surface area (Å²) in [6.07, 6.45) is 2.07. The van der Waals surface area contributed by atoms with E-state index in [1.165, 1.54) is 0 Å². The number of unbranched alkanes of at least 4 members (excludes halogenated alkanes) is 1. The normalized spacial score (nSPS) is 12.5. The molecule has 0 aromatic carbocycles. The number of hydrogen-bond donors (Lipinski definition) is 2. The van der Waals surface area contributed by atoms with Crippen LogP contribution in [0.5, 0.6) is 0 Å². The van der Waals surface area contributed by atoms with Crippen molar-refractivity contribution < 1.29 is 9.53 Å². The summed E-state index contributed by atoms with van der Waals surface area (Å²) in [7, 11) is 0. The highest BCUT2D eigenvalue weighted by atomic mass is 16.5. The van der Waals surface area contributed by atoms with Crippen LogP contribution in [-0.4, -0.2) is 18.7 Å². The summed E-state index contributed by atoms with van der Waals surface area (Å²) in [6.45, 7) is 2.36. The fourth-order valence-electron chi connectivity index (χ4n) is 0.741. The average Bonchev–Trinajstić information content (AvgIpc) is 1.85. The third kappa shape index (κ3) is 9.23. The second-order valence-corrected chi connectivity index (χ2v) is 2.64. The summed E-state index contributed by atoms with van der Waals surface area (Å²) in [4.78, 5) is 10.1. The number of nitrogens with two attached hydrogens (primary N) is 2. The molecule has 0 aromatic rings. The lowest BCUT2D eigenvalue weighted by atomic mass is 10.1. The van der Waals surface area contributed by atoms with E-state index in [0.717, 1.165) is 19.3 Å². The van der Waals surface area contributed by atoms with Gasteiger partial charge in [0.15, 0.2) is 0 Å². The van der Waals surface area contributed by atoms with Crippen LogP contribution in [0.25, 0.3) is 0 Å². The Labute approximate surface area is 66.9 Å². The molecule has 0 radical (unpaired) electrons. The number of ether oxygens (including phenoxy) is 1. The smallest absolute Gasteiger partial charge is 0.404 e. The summed E-state index contributed by atoms with van der Waals surface area (Å²) in [6, 6.07) is 0.226. The van der Waals surface area contributed by atoms with E-state index in [1.807, 2.05) is 6.92 Å². The maximum Gasteiger partial charge on any atom is 0.404 e. The molecule has 0 aliphatic carbocycles. The van der Waals surface area contributed by atoms with Crippen LogP contribution in [0.4, 0.5) is 4.79 Å². The quantitative estimate of drug-likeness (QED) is 0.578. The molecule has 1 amide bonds. The first-order valence-corrected chi connectivity index (χ1v) is 3.80. The van der Waals surface area contributed by atoms with E-state index in [-0.39, 0.29) is 6.04 Å². The topological polar surface area (TPSA) is 78.3 Å². The maximum absolute atomic E-state index is 10.1. The Morgan fingerprint density at radius 1 is 1.55 bits per heavy atom. The lowest BCUT2D eigenvalue weighted by molar-refractivity contribution is 0.154. The fourth-order valence-corrected chi connectivity index (χ4v) is 0.741. The molecule has 4 N–H and O–H groups in total. The molecule has 0 rings (SSSR count). The van der Waals surface area contributed by atoms with Crippen molar-refractivity contribution in [1.82, 2.24) is 0 Å². The molecule has 0 heterocycles. The lowest BCUT2D eigenvalue weighted by Gasteiger charge is -2.03. The Balaban J connectivity index is 2.97. The minimum absolute atomic E-state index is 0.226. The predicted molar refractivity (Wildman–Crippen MR) is 43.0 cm³/mol. The van der Waals surface area contributed by atoms with Crippen molar-refractivity contribution in [3.8, 4) is 0 Å². The van der Waals surface area contributed by atoms with Crippen LogP contribution in [0, 0.1) is 0 Å². The Hall–Kier alpha value is -0.770. The van der Waals surface area contributed by atoms with Crippen LogP contribution in [0.15, 0.2) is 0 Å². The molecule has 1 atom stereocenters. The van der Waals surface area contributed by atoms with E-state index >= 15 is 0 Å². The van der Waals surface area contributed by atoms with Gasteiger partial charge < -0.3 is 16.2 Å². The number of carbonyl (C=O) groups excluding carboxylic acids is 1. The van der Waals surface area contributed by atoms with Gasteiger partial charge in [-0.1, -0.05) is 0 Å². The van der Waals surface area contributed by atoms with Crippen LogP contribution in [0.3, 0.4) is 0 Å². The minimum atomic E-state index is -0.703. The number of amides is 1. The van der Waals surface area contributed by atoms with Crippen LogP contribution >= 0.6 is 0 Å². The third-order valence-corrected chi connectivity index (χ3v) is 1.30. The SMILES string of the molecule is CC(N)CCCCOC(N)=O. The largest absolute Gasteiger partial charge is 0.450 e. The Morgan fingerprint density at radius 2 is 2.18 bits per heavy atom. The molecule has 4 heteroatoms. The van der Waals surface area contributed by atoms with Crippen molar-refractivity contribution in [1.29, 1.82) is 0 Å². The number of primary amides is 1. The van der Waals surface area contributed by atoms with Crippen LogP contribution in [0.1, 0.15) is 26.2 Å². The second kappa shape index (κ2) is 5.97. The molecule has 4 nitrogen and oxygen atoms in total. The van der Waals surface area contributed by atoms with Crippen molar-refractivity contribution in [2.45, 2.75) is 32.2 Å². The highest BCUT2D eigenvalue weighted by molar-refractivity contribution is 5.64. The van der Waals surface area contributed by atoms with E-state index < -0.39 is 6.09 Å². The van der Waals surface area contributed by atoms with Crippen molar-refractivity contribution in [3.05, 3.63) is 0 Å². The fraction of sp³-hybridized carbons (Fsp3) is 0.857. The zero-order valence-electron chi connectivity index (χ0n) is 6.88. The molecular formula is C7H16N2O2. The Bertz CT molecular complexity index is 115. The average molecular weight is 160 g/mol. The monoisotopic (exact) mass is 160 g/mol. The number of rotatable bonds is 5. The molecule has 0 fully saturated rings. The molecule has 0 aliphatic rings. The first kappa shape index (κ1) is 10.2. The van der Waals surface area contributed by atoms with Gasteiger partial charge in [0.2, 0.25) is 0 Å². The van der Waals surface area contributed by atoms with Gasteiger partial charge >= 0.3 is 6.09 Å². The molecule has 1 unspecified atom stereocenters. The lowest BCUT2D eigenvalue weighted by Crippen LogP contribution is -2.16. The standard InChI is InChI=1S/C7H16N2O2/c1-6(8)4-2-3-5-11-7(9)10/h6H,2-5,8H2,1H3,(H2,9,10). The van der Waals surface area contributed by atoms with Gasteiger partial charge in [-0.3, -0.25) is 0 Å². The zero-order valence-corrected chi connectivity index (χ0v) is 6.88. The third-order valence-electron chi connectivity index (χ3n) is 1.30. The number of carbonyl (C=O) groups is 1. The summed E-state index contributed by atoms with van der Waals surface area (Å²) < 4.78 is 4.52. The number of hydrogen-bond acceptors (Lipinski definition) is 3. The van der Waals surface area contributed by atoms with Gasteiger partial charge in [-0.2, -0.15) is 0 Å². The highest BCUT2D eigenvalue weighted by Gasteiger charge is 1.95. The molecule has 0 spiro atoms. The van der Waals surface area contributed by atoms with Gasteiger partial charge in [-0.05, 0) is 26.2 Å². The predicted octanol–water partition coefficient (Wildman–Crippen LogP) is 0.599. The molecule has 66 valence electrons. The van der Waals surface area contributed by atoms with Crippen LogP contribution in [-0.2, 0) is 4.74 Å². The molecule has 0 saturated heterocycles. The van der Waals surface area contributed by atoms with Gasteiger partial charge in [0.05, 0.1) is 6.61 Å². The zero-order chi connectivity index (χ0) is 8.69. The Kier molecular flexibility index (Phi) is 5.56. The summed E-state index contributed by atoms with van der Waals surface area (Å²) >= 11 is 0. The molecule has 0 aromatic heterocycles. The summed E-state index contributed by atoms with van der Waals surface area (Å²) in [5.74, 6) is 0.